The normalized spacial score (nSPS) is 21.9. The summed E-state index contributed by atoms with van der Waals surface area (Å²) in [6.07, 6.45) is 4.60. The van der Waals surface area contributed by atoms with Crippen molar-refractivity contribution < 1.29 is 14.0 Å². The van der Waals surface area contributed by atoms with Gasteiger partial charge in [-0.05, 0) is 47.5 Å². The van der Waals surface area contributed by atoms with E-state index >= 15 is 0 Å². The third kappa shape index (κ3) is 4.33. The topological polar surface area (TPSA) is 60.5 Å². The monoisotopic (exact) mass is 389 g/mol. The Labute approximate surface area is 165 Å². The molecule has 2 fully saturated rings. The molecule has 7 nitrogen and oxygen atoms in total. The van der Waals surface area contributed by atoms with Crippen LogP contribution in [0, 0.1) is 5.82 Å². The molecule has 0 unspecified atom stereocenters. The molecule has 0 saturated carbocycles. The van der Waals surface area contributed by atoms with Gasteiger partial charge in [-0.3, -0.25) is 0 Å². The number of ether oxygens (including phenoxy) is 1. The SMILES string of the molecule is CCC[C@H](c1nnnn1C[C@@H]1CCCO1)[NH+]1CCN(c2ccc(F)cc2)CC1. The van der Waals surface area contributed by atoms with Crippen molar-refractivity contribution in [2.24, 2.45) is 0 Å². The van der Waals surface area contributed by atoms with Crippen molar-refractivity contribution in [2.75, 3.05) is 37.7 Å². The number of nitrogens with zero attached hydrogens (tertiary/aromatic N) is 5. The van der Waals surface area contributed by atoms with Gasteiger partial charge in [0.2, 0.25) is 5.82 Å². The molecular formula is C20H30FN6O+. The molecule has 2 aliphatic heterocycles. The van der Waals surface area contributed by atoms with Crippen LogP contribution in [0.1, 0.15) is 44.5 Å². The third-order valence-electron chi connectivity index (χ3n) is 5.94. The van der Waals surface area contributed by atoms with Gasteiger partial charge in [-0.2, -0.15) is 0 Å². The molecule has 0 aliphatic carbocycles. The Hall–Kier alpha value is -2.06. The van der Waals surface area contributed by atoms with Crippen LogP contribution in [0.25, 0.3) is 0 Å². The van der Waals surface area contributed by atoms with Crippen molar-refractivity contribution in [1.29, 1.82) is 0 Å². The fraction of sp³-hybridized carbons (Fsp3) is 0.650. The van der Waals surface area contributed by atoms with E-state index in [4.69, 9.17) is 4.74 Å². The van der Waals surface area contributed by atoms with E-state index in [0.29, 0.717) is 6.04 Å². The maximum Gasteiger partial charge on any atom is 0.209 e. The highest BCUT2D eigenvalue weighted by molar-refractivity contribution is 5.46. The minimum atomic E-state index is -0.186. The molecule has 1 aromatic heterocycles. The molecule has 2 aromatic rings. The van der Waals surface area contributed by atoms with Crippen molar-refractivity contribution in [3.63, 3.8) is 0 Å². The minimum absolute atomic E-state index is 0.186. The molecule has 2 aliphatic rings. The summed E-state index contributed by atoms with van der Waals surface area (Å²) in [7, 11) is 0. The number of anilines is 1. The van der Waals surface area contributed by atoms with Crippen molar-refractivity contribution in [1.82, 2.24) is 20.2 Å². The lowest BCUT2D eigenvalue weighted by Gasteiger charge is -2.37. The van der Waals surface area contributed by atoms with E-state index in [1.807, 2.05) is 16.8 Å². The highest BCUT2D eigenvalue weighted by Gasteiger charge is 2.33. The number of nitrogens with one attached hydrogen (secondary N) is 1. The predicted octanol–water partition coefficient (Wildman–Crippen LogP) is 1.24. The van der Waals surface area contributed by atoms with Crippen LogP contribution in [-0.2, 0) is 11.3 Å². The van der Waals surface area contributed by atoms with E-state index in [1.54, 1.807) is 0 Å². The van der Waals surface area contributed by atoms with E-state index < -0.39 is 0 Å². The van der Waals surface area contributed by atoms with E-state index in [0.717, 1.165) is 76.5 Å². The van der Waals surface area contributed by atoms with Gasteiger partial charge in [0.05, 0.1) is 38.8 Å². The van der Waals surface area contributed by atoms with Gasteiger partial charge in [0, 0.05) is 18.7 Å². The van der Waals surface area contributed by atoms with Gasteiger partial charge in [0.25, 0.3) is 0 Å². The number of hydrogen-bond acceptors (Lipinski definition) is 5. The lowest BCUT2D eigenvalue weighted by atomic mass is 10.1. The predicted molar refractivity (Wildman–Crippen MR) is 104 cm³/mol. The molecule has 0 spiro atoms. The van der Waals surface area contributed by atoms with E-state index in [9.17, 15) is 4.39 Å². The molecule has 1 aromatic carbocycles. The third-order valence-corrected chi connectivity index (χ3v) is 5.94. The van der Waals surface area contributed by atoms with Crippen molar-refractivity contribution in [3.05, 3.63) is 35.9 Å². The maximum absolute atomic E-state index is 13.2. The zero-order valence-corrected chi connectivity index (χ0v) is 16.6. The molecule has 8 heteroatoms. The van der Waals surface area contributed by atoms with Crippen LogP contribution >= 0.6 is 0 Å². The second kappa shape index (κ2) is 8.96. The van der Waals surface area contributed by atoms with E-state index in [1.165, 1.54) is 17.0 Å². The molecule has 4 rings (SSSR count). The largest absolute Gasteiger partial charge is 0.376 e. The summed E-state index contributed by atoms with van der Waals surface area (Å²) in [5, 5.41) is 12.7. The number of quaternary nitrogens is 1. The number of halogens is 1. The summed E-state index contributed by atoms with van der Waals surface area (Å²) in [6, 6.07) is 7.11. The molecule has 28 heavy (non-hydrogen) atoms. The van der Waals surface area contributed by atoms with Gasteiger partial charge in [0.1, 0.15) is 11.9 Å². The number of benzene rings is 1. The number of hydrogen-bond donors (Lipinski definition) is 1. The van der Waals surface area contributed by atoms with Gasteiger partial charge >= 0.3 is 0 Å². The standard InChI is InChI=1S/C20H29FN6O/c1-2-4-19(20-22-23-24-27(20)15-18-5-3-14-28-18)26-12-10-25(11-13-26)17-8-6-16(21)7-9-17/h6-9,18-19H,2-5,10-15H2,1H3/p+1/t18-,19+/m0/s1. The van der Waals surface area contributed by atoms with Gasteiger partial charge < -0.3 is 14.5 Å². The Kier molecular flexibility index (Phi) is 6.17. The van der Waals surface area contributed by atoms with Crippen LogP contribution < -0.4 is 9.80 Å². The molecule has 2 atom stereocenters. The van der Waals surface area contributed by atoms with Crippen LogP contribution in [-0.4, -0.2) is 59.1 Å². The molecule has 0 amide bonds. The van der Waals surface area contributed by atoms with Crippen LogP contribution in [0.15, 0.2) is 24.3 Å². The Morgan fingerprint density at radius 3 is 2.71 bits per heavy atom. The Morgan fingerprint density at radius 1 is 1.25 bits per heavy atom. The fourth-order valence-electron chi connectivity index (χ4n) is 4.43. The summed E-state index contributed by atoms with van der Waals surface area (Å²) in [4.78, 5) is 3.87. The maximum atomic E-state index is 13.2. The highest BCUT2D eigenvalue weighted by atomic mass is 19.1. The second-order valence-corrected chi connectivity index (χ2v) is 7.82. The molecule has 3 heterocycles. The first-order chi connectivity index (χ1) is 13.7. The lowest BCUT2D eigenvalue weighted by molar-refractivity contribution is -0.933. The van der Waals surface area contributed by atoms with Crippen molar-refractivity contribution >= 4 is 5.69 Å². The zero-order valence-electron chi connectivity index (χ0n) is 16.6. The average molecular weight is 389 g/mol. The lowest BCUT2D eigenvalue weighted by Crippen LogP contribution is -3.15. The Balaban J connectivity index is 1.43. The first-order valence-electron chi connectivity index (χ1n) is 10.5. The smallest absolute Gasteiger partial charge is 0.209 e. The number of aromatic nitrogens is 4. The first kappa shape index (κ1) is 19.3. The first-order valence-corrected chi connectivity index (χ1v) is 10.5. The van der Waals surface area contributed by atoms with Gasteiger partial charge in [0.15, 0.2) is 0 Å². The van der Waals surface area contributed by atoms with Gasteiger partial charge in [-0.1, -0.05) is 13.3 Å². The number of piperazine rings is 1. The summed E-state index contributed by atoms with van der Waals surface area (Å²) in [5.74, 6) is 0.802. The molecule has 152 valence electrons. The minimum Gasteiger partial charge on any atom is -0.376 e. The van der Waals surface area contributed by atoms with Crippen molar-refractivity contribution in [2.45, 2.75) is 51.3 Å². The summed E-state index contributed by atoms with van der Waals surface area (Å²) in [6.45, 7) is 7.76. The fourth-order valence-corrected chi connectivity index (χ4v) is 4.43. The average Bonchev–Trinajstić information content (AvgIpc) is 3.40. The quantitative estimate of drug-likeness (QED) is 0.772. The zero-order chi connectivity index (χ0) is 19.3. The molecule has 2 saturated heterocycles. The summed E-state index contributed by atoms with van der Waals surface area (Å²) in [5.41, 5.74) is 1.09. The van der Waals surface area contributed by atoms with Crippen LogP contribution in [0.3, 0.4) is 0 Å². The molecule has 0 bridgehead atoms. The van der Waals surface area contributed by atoms with Crippen LogP contribution in [0.5, 0.6) is 0 Å². The van der Waals surface area contributed by atoms with E-state index in [2.05, 4.69) is 27.3 Å². The summed E-state index contributed by atoms with van der Waals surface area (Å²) < 4.78 is 20.9. The Bertz CT molecular complexity index is 737. The Morgan fingerprint density at radius 2 is 2.04 bits per heavy atom. The highest BCUT2D eigenvalue weighted by Crippen LogP contribution is 2.19. The van der Waals surface area contributed by atoms with Gasteiger partial charge in [-0.15, -0.1) is 5.10 Å². The molecular weight excluding hydrogens is 359 g/mol. The summed E-state index contributed by atoms with van der Waals surface area (Å²) >= 11 is 0. The second-order valence-electron chi connectivity index (χ2n) is 7.82. The van der Waals surface area contributed by atoms with E-state index in [-0.39, 0.29) is 11.9 Å². The van der Waals surface area contributed by atoms with Crippen LogP contribution in [0.2, 0.25) is 0 Å². The van der Waals surface area contributed by atoms with Gasteiger partial charge in [-0.25, -0.2) is 9.07 Å². The number of rotatable bonds is 7. The number of tetrazole rings is 1. The molecule has 0 radical (unpaired) electrons. The van der Waals surface area contributed by atoms with Crippen LogP contribution in [0.4, 0.5) is 10.1 Å². The van der Waals surface area contributed by atoms with Crippen molar-refractivity contribution in [3.8, 4) is 0 Å². The molecule has 1 N–H and O–H groups in total.